The molecule has 7 heteroatoms. The van der Waals surface area contributed by atoms with E-state index in [-0.39, 0.29) is 29.6 Å². The molecule has 4 saturated carbocycles. The summed E-state index contributed by atoms with van der Waals surface area (Å²) in [4.78, 5) is 36.2. The molecule has 1 aromatic heterocycles. The lowest BCUT2D eigenvalue weighted by molar-refractivity contribution is -0.134. The van der Waals surface area contributed by atoms with E-state index in [2.05, 4.69) is 16.2 Å². The predicted molar refractivity (Wildman–Crippen MR) is 107 cm³/mol. The van der Waals surface area contributed by atoms with Crippen LogP contribution in [0.15, 0.2) is 16.8 Å². The highest BCUT2D eigenvalue weighted by molar-refractivity contribution is 7.08. The highest BCUT2D eigenvalue weighted by Gasteiger charge is 2.51. The first-order valence-electron chi connectivity index (χ1n) is 10.4. The van der Waals surface area contributed by atoms with Crippen LogP contribution < -0.4 is 16.2 Å². The summed E-state index contributed by atoms with van der Waals surface area (Å²) in [6.45, 7) is 0.434. The van der Waals surface area contributed by atoms with Gasteiger partial charge in [-0.25, -0.2) is 0 Å². The summed E-state index contributed by atoms with van der Waals surface area (Å²) in [6.07, 6.45) is 8.97. The molecular weight excluding hydrogens is 374 g/mol. The van der Waals surface area contributed by atoms with Gasteiger partial charge in [0.25, 0.3) is 5.91 Å². The van der Waals surface area contributed by atoms with Crippen molar-refractivity contribution in [2.45, 2.75) is 57.8 Å². The Morgan fingerprint density at radius 1 is 1.00 bits per heavy atom. The first kappa shape index (κ1) is 19.4. The molecule has 6 nitrogen and oxygen atoms in total. The quantitative estimate of drug-likeness (QED) is 0.483. The van der Waals surface area contributed by atoms with E-state index in [9.17, 15) is 14.4 Å². The minimum Gasteiger partial charge on any atom is -0.352 e. The molecule has 0 saturated heterocycles. The van der Waals surface area contributed by atoms with Gasteiger partial charge < -0.3 is 5.32 Å². The van der Waals surface area contributed by atoms with E-state index in [0.717, 1.165) is 17.8 Å². The van der Waals surface area contributed by atoms with Crippen molar-refractivity contribution >= 4 is 29.1 Å². The van der Waals surface area contributed by atoms with Gasteiger partial charge in [0.1, 0.15) is 0 Å². The molecule has 0 radical (unpaired) electrons. The molecule has 4 aliphatic carbocycles. The standard InChI is InChI=1S/C21H29N3O3S/c25-18(2-1-4-22-20(27)17-3-5-28-13-17)23-24-19(26)12-21-9-14-6-15(10-21)8-16(7-14)11-21/h3,5,13-16H,1-2,4,6-12H2,(H,22,27)(H,23,25)(H,24,26). The van der Waals surface area contributed by atoms with Gasteiger partial charge in [0.05, 0.1) is 0 Å². The van der Waals surface area contributed by atoms with Crippen molar-refractivity contribution in [3.8, 4) is 0 Å². The highest BCUT2D eigenvalue weighted by atomic mass is 32.1. The monoisotopic (exact) mass is 403 g/mol. The van der Waals surface area contributed by atoms with E-state index in [1.165, 1.54) is 49.9 Å². The van der Waals surface area contributed by atoms with Gasteiger partial charge in [0, 0.05) is 30.3 Å². The van der Waals surface area contributed by atoms with Gasteiger partial charge in [-0.15, -0.1) is 0 Å². The van der Waals surface area contributed by atoms with Crippen LogP contribution in [0.25, 0.3) is 0 Å². The number of rotatable bonds is 7. The van der Waals surface area contributed by atoms with Crippen LogP contribution in [-0.4, -0.2) is 24.3 Å². The summed E-state index contributed by atoms with van der Waals surface area (Å²) in [6, 6.07) is 1.77. The average molecular weight is 404 g/mol. The molecule has 1 aromatic rings. The Labute approximate surface area is 169 Å². The predicted octanol–water partition coefficient (Wildman–Crippen LogP) is 3.01. The van der Waals surface area contributed by atoms with Gasteiger partial charge >= 0.3 is 0 Å². The van der Waals surface area contributed by atoms with E-state index in [4.69, 9.17) is 0 Å². The van der Waals surface area contributed by atoms with Gasteiger partial charge in [-0.3, -0.25) is 25.2 Å². The Balaban J connectivity index is 1.12. The largest absolute Gasteiger partial charge is 0.352 e. The van der Waals surface area contributed by atoms with Crippen molar-refractivity contribution in [3.05, 3.63) is 22.4 Å². The Kier molecular flexibility index (Phi) is 5.71. The normalized spacial score (nSPS) is 30.1. The molecule has 4 fully saturated rings. The molecule has 4 bridgehead atoms. The highest BCUT2D eigenvalue weighted by Crippen LogP contribution is 2.61. The summed E-state index contributed by atoms with van der Waals surface area (Å²) >= 11 is 1.48. The van der Waals surface area contributed by atoms with Crippen LogP contribution in [0.4, 0.5) is 0 Å². The van der Waals surface area contributed by atoms with Gasteiger partial charge in [0.15, 0.2) is 0 Å². The lowest BCUT2D eigenvalue weighted by atomic mass is 9.49. The molecule has 0 unspecified atom stereocenters. The fraction of sp³-hybridized carbons (Fsp3) is 0.667. The van der Waals surface area contributed by atoms with Crippen LogP contribution >= 0.6 is 11.3 Å². The topological polar surface area (TPSA) is 87.3 Å². The molecule has 28 heavy (non-hydrogen) atoms. The van der Waals surface area contributed by atoms with Crippen LogP contribution in [0.2, 0.25) is 0 Å². The van der Waals surface area contributed by atoms with Gasteiger partial charge in [-0.1, -0.05) is 0 Å². The van der Waals surface area contributed by atoms with E-state index in [0.29, 0.717) is 24.9 Å². The molecule has 4 aliphatic rings. The van der Waals surface area contributed by atoms with Crippen molar-refractivity contribution in [1.82, 2.24) is 16.2 Å². The number of hydrazine groups is 1. The summed E-state index contributed by atoms with van der Waals surface area (Å²) in [7, 11) is 0. The lowest BCUT2D eigenvalue weighted by Crippen LogP contribution is -2.50. The zero-order valence-electron chi connectivity index (χ0n) is 16.2. The second-order valence-corrected chi connectivity index (χ2v) is 9.84. The fourth-order valence-corrected chi connectivity index (χ4v) is 6.68. The van der Waals surface area contributed by atoms with Crippen LogP contribution in [0.1, 0.15) is 68.1 Å². The Morgan fingerprint density at radius 3 is 2.25 bits per heavy atom. The minimum atomic E-state index is -0.219. The molecule has 1 heterocycles. The van der Waals surface area contributed by atoms with Crippen molar-refractivity contribution in [2.24, 2.45) is 23.2 Å². The zero-order chi connectivity index (χ0) is 19.6. The summed E-state index contributed by atoms with van der Waals surface area (Å²) in [5.41, 5.74) is 5.96. The maximum atomic E-state index is 12.4. The molecule has 0 spiro atoms. The Bertz CT molecular complexity index is 696. The van der Waals surface area contributed by atoms with Crippen molar-refractivity contribution in [2.75, 3.05) is 6.54 Å². The van der Waals surface area contributed by atoms with Gasteiger partial charge in [-0.05, 0) is 79.6 Å². The first-order valence-corrected chi connectivity index (χ1v) is 11.3. The molecule has 152 valence electrons. The molecule has 3 N–H and O–H groups in total. The number of carbonyl (C=O) groups is 3. The van der Waals surface area contributed by atoms with Crippen LogP contribution in [0.3, 0.4) is 0 Å². The van der Waals surface area contributed by atoms with Crippen LogP contribution in [-0.2, 0) is 9.59 Å². The van der Waals surface area contributed by atoms with Crippen molar-refractivity contribution in [1.29, 1.82) is 0 Å². The summed E-state index contributed by atoms with van der Waals surface area (Å²) < 4.78 is 0. The van der Waals surface area contributed by atoms with Crippen molar-refractivity contribution < 1.29 is 14.4 Å². The van der Waals surface area contributed by atoms with E-state index in [1.54, 1.807) is 11.4 Å². The maximum absolute atomic E-state index is 12.4. The van der Waals surface area contributed by atoms with Gasteiger partial charge in [0.2, 0.25) is 11.8 Å². The Morgan fingerprint density at radius 2 is 1.64 bits per heavy atom. The second kappa shape index (κ2) is 8.23. The van der Waals surface area contributed by atoms with Crippen LogP contribution in [0.5, 0.6) is 0 Å². The molecule has 3 amide bonds. The number of hydrogen-bond acceptors (Lipinski definition) is 4. The maximum Gasteiger partial charge on any atom is 0.252 e. The minimum absolute atomic E-state index is 0.0685. The molecule has 0 aromatic carbocycles. The second-order valence-electron chi connectivity index (χ2n) is 9.06. The third kappa shape index (κ3) is 4.57. The molecular formula is C21H29N3O3S. The number of hydrogen-bond donors (Lipinski definition) is 3. The summed E-state index contributed by atoms with van der Waals surface area (Å²) in [5.74, 6) is 2.05. The fourth-order valence-electron chi connectivity index (χ4n) is 6.04. The van der Waals surface area contributed by atoms with Crippen molar-refractivity contribution in [3.63, 3.8) is 0 Å². The third-order valence-electron chi connectivity index (χ3n) is 6.69. The van der Waals surface area contributed by atoms with Gasteiger partial charge in [-0.2, -0.15) is 11.3 Å². The summed E-state index contributed by atoms with van der Waals surface area (Å²) in [5, 5.41) is 6.44. The third-order valence-corrected chi connectivity index (χ3v) is 7.37. The SMILES string of the molecule is O=C(CCCNC(=O)c1ccsc1)NNC(=O)CC12CC3CC(CC(C3)C1)C2. The number of nitrogens with one attached hydrogen (secondary N) is 3. The number of carbonyl (C=O) groups excluding carboxylic acids is 3. The molecule has 0 atom stereocenters. The zero-order valence-corrected chi connectivity index (χ0v) is 17.0. The number of thiophene rings is 1. The average Bonchev–Trinajstić information content (AvgIpc) is 3.16. The lowest BCUT2D eigenvalue weighted by Gasteiger charge is -2.56. The first-order chi connectivity index (χ1) is 13.5. The Hall–Kier alpha value is -1.89. The van der Waals surface area contributed by atoms with E-state index < -0.39 is 0 Å². The van der Waals surface area contributed by atoms with Crippen LogP contribution in [0, 0.1) is 23.2 Å². The van der Waals surface area contributed by atoms with E-state index in [1.807, 2.05) is 5.38 Å². The van der Waals surface area contributed by atoms with E-state index >= 15 is 0 Å². The molecule has 5 rings (SSSR count). The smallest absolute Gasteiger partial charge is 0.252 e. The number of amides is 3. The molecule has 0 aliphatic heterocycles.